The predicted octanol–water partition coefficient (Wildman–Crippen LogP) is 3.35. The number of imidazole rings is 1. The first kappa shape index (κ1) is 26.2. The molecule has 5 rings (SSSR count). The number of phenols is 1. The molecule has 1 atom stereocenters. The molecule has 5 N–H and O–H groups in total. The van der Waals surface area contributed by atoms with E-state index in [9.17, 15) is 19.8 Å². The maximum absolute atomic E-state index is 12.6. The van der Waals surface area contributed by atoms with E-state index in [0.717, 1.165) is 29.6 Å². The number of phenolic OH excluding ortho intramolecular Hbond substituents is 1. The Morgan fingerprint density at radius 3 is 2.71 bits per heavy atom. The number of aromatic nitrogens is 3. The summed E-state index contributed by atoms with van der Waals surface area (Å²) in [5.74, 6) is -0.0351. The first-order chi connectivity index (χ1) is 18.4. The van der Waals surface area contributed by atoms with Gasteiger partial charge in [-0.25, -0.2) is 4.79 Å². The van der Waals surface area contributed by atoms with Crippen LogP contribution in [0.4, 0.5) is 0 Å². The van der Waals surface area contributed by atoms with Gasteiger partial charge in [0.1, 0.15) is 5.75 Å². The van der Waals surface area contributed by atoms with Gasteiger partial charge in [-0.05, 0) is 68.2 Å². The molecule has 0 saturated heterocycles. The Balaban J connectivity index is 1.18. The number of aromatic amines is 2. The van der Waals surface area contributed by atoms with Crippen molar-refractivity contribution in [2.75, 3.05) is 20.1 Å². The SMILES string of the molecule is CN(CCCn1c(=O)[nH]c2cc(CNC[C@H](O)c3ccc(O)c4[nH]c(=O)ccc34)ccc21)C1CCCCC1. The summed E-state index contributed by atoms with van der Waals surface area (Å²) in [5.41, 5.74) is 3.24. The zero-order valence-electron chi connectivity index (χ0n) is 21.9. The Morgan fingerprint density at radius 1 is 1.08 bits per heavy atom. The minimum absolute atomic E-state index is 0.0351. The molecule has 9 nitrogen and oxygen atoms in total. The molecule has 0 unspecified atom stereocenters. The van der Waals surface area contributed by atoms with Gasteiger partial charge in [-0.1, -0.05) is 31.4 Å². The van der Waals surface area contributed by atoms with Crippen LogP contribution in [0.3, 0.4) is 0 Å². The Labute approximate surface area is 221 Å². The number of aryl methyl sites for hydroxylation is 1. The average Bonchev–Trinajstić information content (AvgIpc) is 3.23. The van der Waals surface area contributed by atoms with Crippen molar-refractivity contribution >= 4 is 21.9 Å². The zero-order chi connectivity index (χ0) is 26.6. The highest BCUT2D eigenvalue weighted by molar-refractivity contribution is 5.87. The molecule has 2 heterocycles. The summed E-state index contributed by atoms with van der Waals surface area (Å²) < 4.78 is 1.82. The summed E-state index contributed by atoms with van der Waals surface area (Å²) in [6.45, 7) is 2.47. The van der Waals surface area contributed by atoms with E-state index in [-0.39, 0.29) is 23.5 Å². The Kier molecular flexibility index (Phi) is 7.97. The van der Waals surface area contributed by atoms with Crippen molar-refractivity contribution in [1.82, 2.24) is 24.8 Å². The lowest BCUT2D eigenvalue weighted by atomic mass is 9.94. The fourth-order valence-corrected chi connectivity index (χ4v) is 5.74. The van der Waals surface area contributed by atoms with Crippen molar-refractivity contribution in [1.29, 1.82) is 0 Å². The largest absolute Gasteiger partial charge is 0.506 e. The molecule has 0 bridgehead atoms. The van der Waals surface area contributed by atoms with E-state index in [2.05, 4.69) is 27.2 Å². The van der Waals surface area contributed by atoms with E-state index in [4.69, 9.17) is 0 Å². The van der Waals surface area contributed by atoms with Gasteiger partial charge in [0.05, 0.1) is 22.7 Å². The van der Waals surface area contributed by atoms with Crippen molar-refractivity contribution in [3.63, 3.8) is 0 Å². The fourth-order valence-electron chi connectivity index (χ4n) is 5.74. The van der Waals surface area contributed by atoms with Crippen LogP contribution in [0.5, 0.6) is 5.75 Å². The van der Waals surface area contributed by atoms with E-state index in [0.29, 0.717) is 35.6 Å². The van der Waals surface area contributed by atoms with E-state index in [1.165, 1.54) is 44.2 Å². The molecule has 0 amide bonds. The van der Waals surface area contributed by atoms with E-state index in [1.807, 2.05) is 22.8 Å². The maximum atomic E-state index is 12.6. The molecule has 4 aromatic rings. The van der Waals surface area contributed by atoms with Gasteiger partial charge >= 0.3 is 5.69 Å². The number of H-pyrrole nitrogens is 2. The van der Waals surface area contributed by atoms with Gasteiger partial charge in [0, 0.05) is 37.1 Å². The monoisotopic (exact) mass is 519 g/mol. The van der Waals surface area contributed by atoms with E-state index in [1.54, 1.807) is 12.1 Å². The molecule has 1 aliphatic rings. The lowest BCUT2D eigenvalue weighted by Gasteiger charge is -2.31. The highest BCUT2D eigenvalue weighted by atomic mass is 16.3. The van der Waals surface area contributed by atoms with Gasteiger partial charge in [0.15, 0.2) is 0 Å². The van der Waals surface area contributed by atoms with Crippen LogP contribution in [0, 0.1) is 0 Å². The highest BCUT2D eigenvalue weighted by Crippen LogP contribution is 2.28. The molecule has 1 fully saturated rings. The molecular formula is C29H37N5O4. The quantitative estimate of drug-likeness (QED) is 0.219. The first-order valence-corrected chi connectivity index (χ1v) is 13.6. The minimum atomic E-state index is -0.833. The number of aromatic hydroxyl groups is 1. The van der Waals surface area contributed by atoms with Gasteiger partial charge in [0.2, 0.25) is 5.56 Å². The van der Waals surface area contributed by atoms with Crippen molar-refractivity contribution in [3.8, 4) is 5.75 Å². The van der Waals surface area contributed by atoms with Gasteiger partial charge in [-0.2, -0.15) is 0 Å². The first-order valence-electron chi connectivity index (χ1n) is 13.6. The van der Waals surface area contributed by atoms with Gasteiger partial charge in [-0.15, -0.1) is 0 Å². The number of aliphatic hydroxyl groups excluding tert-OH is 1. The Hall–Kier alpha value is -3.40. The molecule has 0 aliphatic heterocycles. The molecule has 2 aromatic heterocycles. The van der Waals surface area contributed by atoms with Crippen LogP contribution in [0.2, 0.25) is 0 Å². The van der Waals surface area contributed by atoms with Crippen molar-refractivity contribution in [3.05, 3.63) is 74.4 Å². The standard InChI is InChI=1S/C29H37N5O4/c1-33(20-6-3-2-4-7-20)14-5-15-34-24-11-8-19(16-23(24)31-29(34)38)17-30-18-26(36)21-9-12-25(35)28-22(21)10-13-27(37)32-28/h8-13,16,20,26,30,35-36H,2-7,14-15,17-18H2,1H3,(H,31,38)(H,32,37)/t26-/m0/s1. The lowest BCUT2D eigenvalue weighted by Crippen LogP contribution is -2.34. The van der Waals surface area contributed by atoms with Crippen LogP contribution in [0.1, 0.15) is 55.8 Å². The average molecular weight is 520 g/mol. The second-order valence-electron chi connectivity index (χ2n) is 10.5. The van der Waals surface area contributed by atoms with Gasteiger partial charge in [-0.3, -0.25) is 9.36 Å². The molecular weight excluding hydrogens is 482 g/mol. The van der Waals surface area contributed by atoms with E-state index >= 15 is 0 Å². The second-order valence-corrected chi connectivity index (χ2v) is 10.5. The summed E-state index contributed by atoms with van der Waals surface area (Å²) in [6, 6.07) is 12.7. The third kappa shape index (κ3) is 5.70. The highest BCUT2D eigenvalue weighted by Gasteiger charge is 2.18. The topological polar surface area (TPSA) is 126 Å². The number of rotatable bonds is 10. The smallest absolute Gasteiger partial charge is 0.326 e. The molecule has 1 aliphatic carbocycles. The number of benzene rings is 2. The van der Waals surface area contributed by atoms with Gasteiger partial charge < -0.3 is 30.4 Å². The minimum Gasteiger partial charge on any atom is -0.506 e. The van der Waals surface area contributed by atoms with Crippen LogP contribution in [0.15, 0.2) is 52.1 Å². The summed E-state index contributed by atoms with van der Waals surface area (Å²) in [6.07, 6.45) is 6.66. The number of nitrogens with one attached hydrogen (secondary N) is 3. The summed E-state index contributed by atoms with van der Waals surface area (Å²) in [7, 11) is 2.20. The second kappa shape index (κ2) is 11.6. The summed E-state index contributed by atoms with van der Waals surface area (Å²) in [4.78, 5) is 32.3. The van der Waals surface area contributed by atoms with Gasteiger partial charge in [0.25, 0.3) is 0 Å². The number of nitrogens with zero attached hydrogens (tertiary/aromatic N) is 2. The number of hydrogen-bond donors (Lipinski definition) is 5. The molecule has 0 spiro atoms. The predicted molar refractivity (Wildman–Crippen MR) is 150 cm³/mol. The summed E-state index contributed by atoms with van der Waals surface area (Å²) >= 11 is 0. The van der Waals surface area contributed by atoms with Crippen LogP contribution in [-0.2, 0) is 13.1 Å². The Morgan fingerprint density at radius 2 is 1.89 bits per heavy atom. The van der Waals surface area contributed by atoms with Crippen LogP contribution >= 0.6 is 0 Å². The van der Waals surface area contributed by atoms with Crippen LogP contribution < -0.4 is 16.6 Å². The Bertz CT molecular complexity index is 1520. The third-order valence-electron chi connectivity index (χ3n) is 7.86. The number of fused-ring (bicyclic) bond motifs is 2. The zero-order valence-corrected chi connectivity index (χ0v) is 21.9. The molecule has 202 valence electrons. The van der Waals surface area contributed by atoms with Crippen molar-refractivity contribution < 1.29 is 10.2 Å². The molecule has 38 heavy (non-hydrogen) atoms. The van der Waals surface area contributed by atoms with Crippen LogP contribution in [-0.4, -0.2) is 55.8 Å². The molecule has 0 radical (unpaired) electrons. The normalized spacial score (nSPS) is 15.6. The molecule has 9 heteroatoms. The number of pyridine rings is 1. The molecule has 2 aromatic carbocycles. The van der Waals surface area contributed by atoms with E-state index < -0.39 is 6.10 Å². The lowest BCUT2D eigenvalue weighted by molar-refractivity contribution is 0.176. The number of aliphatic hydroxyl groups is 1. The van der Waals surface area contributed by atoms with Crippen molar-refractivity contribution in [2.45, 2.75) is 63.8 Å². The maximum Gasteiger partial charge on any atom is 0.326 e. The third-order valence-corrected chi connectivity index (χ3v) is 7.86. The fraction of sp³-hybridized carbons (Fsp3) is 0.448. The molecule has 1 saturated carbocycles. The van der Waals surface area contributed by atoms with Crippen molar-refractivity contribution in [2.24, 2.45) is 0 Å². The van der Waals surface area contributed by atoms with Crippen LogP contribution in [0.25, 0.3) is 21.9 Å². The number of hydrogen-bond acceptors (Lipinski definition) is 6. The summed E-state index contributed by atoms with van der Waals surface area (Å²) in [5, 5.41) is 24.7.